The average molecular weight is 482 g/mol. The summed E-state index contributed by atoms with van der Waals surface area (Å²) >= 11 is 13.1. The molecule has 0 saturated heterocycles. The molecule has 30 heavy (non-hydrogen) atoms. The van der Waals surface area contributed by atoms with E-state index in [1.807, 2.05) is 6.92 Å². The molecular weight excluding hydrogens is 431 g/mol. The fraction of sp³-hybridized carbons (Fsp3) is 0.920. The van der Waals surface area contributed by atoms with Gasteiger partial charge in [-0.05, 0) is 65.6 Å². The van der Waals surface area contributed by atoms with Crippen molar-refractivity contribution in [3.05, 3.63) is 12.2 Å². The van der Waals surface area contributed by atoms with Crippen LogP contribution < -0.4 is 0 Å². The molecule has 0 spiro atoms. The lowest BCUT2D eigenvalue weighted by Crippen LogP contribution is -2.54. The Hall–Kier alpha value is 0.457. The zero-order chi connectivity index (χ0) is 22.9. The highest BCUT2D eigenvalue weighted by atomic mass is 35.5. The van der Waals surface area contributed by atoms with E-state index in [4.69, 9.17) is 32.4 Å². The SMILES string of the molecule is CCCCCCCC/C=C/CCCCCCCC(OCC)(O[Si](C)(C)C)C(C)(Cl)Cl. The number of alkyl halides is 2. The van der Waals surface area contributed by atoms with Crippen LogP contribution in [0, 0.1) is 0 Å². The molecule has 1 atom stereocenters. The standard InChI is InChI=1S/C25H50Cl2O2Si/c1-7-9-10-11-12-13-14-15-16-17-18-19-20-21-22-23-25(28-8-2,24(3,26)27)29-30(4,5)6/h15-16H,7-14,17-23H2,1-6H3/b16-15+. The summed E-state index contributed by atoms with van der Waals surface area (Å²) in [7, 11) is -1.85. The molecular formula is C25H50Cl2O2Si. The molecule has 0 fully saturated rings. The number of ether oxygens (including phenoxy) is 1. The van der Waals surface area contributed by atoms with Gasteiger partial charge in [-0.25, -0.2) is 0 Å². The quantitative estimate of drug-likeness (QED) is 0.0566. The Labute approximate surface area is 199 Å². The highest BCUT2D eigenvalue weighted by molar-refractivity contribution is 6.70. The minimum absolute atomic E-state index is 0.546. The van der Waals surface area contributed by atoms with E-state index < -0.39 is 18.4 Å². The first kappa shape index (κ1) is 30.5. The van der Waals surface area contributed by atoms with Crippen molar-refractivity contribution in [1.29, 1.82) is 0 Å². The van der Waals surface area contributed by atoms with Crippen molar-refractivity contribution < 1.29 is 9.16 Å². The van der Waals surface area contributed by atoms with Crippen LogP contribution in [-0.2, 0) is 9.16 Å². The maximum Gasteiger partial charge on any atom is 0.192 e. The van der Waals surface area contributed by atoms with E-state index in [1.165, 1.54) is 70.6 Å². The topological polar surface area (TPSA) is 18.5 Å². The summed E-state index contributed by atoms with van der Waals surface area (Å²) in [6.45, 7) is 13.0. The van der Waals surface area contributed by atoms with E-state index in [9.17, 15) is 0 Å². The molecule has 2 nitrogen and oxygen atoms in total. The molecule has 0 aliphatic rings. The van der Waals surface area contributed by atoms with Crippen molar-refractivity contribution in [3.63, 3.8) is 0 Å². The molecule has 0 aromatic heterocycles. The van der Waals surface area contributed by atoms with E-state index in [-0.39, 0.29) is 0 Å². The molecule has 0 N–H and O–H groups in total. The van der Waals surface area contributed by atoms with Gasteiger partial charge in [0.1, 0.15) is 0 Å². The number of unbranched alkanes of at least 4 members (excludes halogenated alkanes) is 11. The second-order valence-corrected chi connectivity index (χ2v) is 15.8. The van der Waals surface area contributed by atoms with Crippen molar-refractivity contribution in [2.75, 3.05) is 6.61 Å². The van der Waals surface area contributed by atoms with Crippen LogP contribution in [0.25, 0.3) is 0 Å². The Morgan fingerprint density at radius 3 is 1.63 bits per heavy atom. The summed E-state index contributed by atoms with van der Waals surface area (Å²) in [6, 6.07) is 0. The monoisotopic (exact) mass is 480 g/mol. The smallest absolute Gasteiger partial charge is 0.192 e. The van der Waals surface area contributed by atoms with Gasteiger partial charge in [0.15, 0.2) is 18.4 Å². The summed E-state index contributed by atoms with van der Waals surface area (Å²) < 4.78 is 11.4. The van der Waals surface area contributed by atoms with Crippen LogP contribution in [0.2, 0.25) is 19.6 Å². The van der Waals surface area contributed by atoms with Gasteiger partial charge in [0.25, 0.3) is 0 Å². The maximum absolute atomic E-state index is 6.54. The van der Waals surface area contributed by atoms with E-state index in [2.05, 4.69) is 38.7 Å². The van der Waals surface area contributed by atoms with Gasteiger partial charge in [-0.2, -0.15) is 0 Å². The van der Waals surface area contributed by atoms with Crippen molar-refractivity contribution in [2.45, 2.75) is 140 Å². The fourth-order valence-electron chi connectivity index (χ4n) is 3.74. The summed E-state index contributed by atoms with van der Waals surface area (Å²) in [6.07, 6.45) is 22.2. The van der Waals surface area contributed by atoms with Gasteiger partial charge < -0.3 is 9.16 Å². The third kappa shape index (κ3) is 15.3. The Bertz CT molecular complexity index is 430. The summed E-state index contributed by atoms with van der Waals surface area (Å²) in [5, 5.41) is 0. The maximum atomic E-state index is 6.54. The summed E-state index contributed by atoms with van der Waals surface area (Å²) in [5.74, 6) is -0.908. The van der Waals surface area contributed by atoms with Crippen LogP contribution >= 0.6 is 23.2 Å². The molecule has 0 aromatic carbocycles. The van der Waals surface area contributed by atoms with Crippen molar-refractivity contribution in [2.24, 2.45) is 0 Å². The van der Waals surface area contributed by atoms with E-state index in [0.717, 1.165) is 19.3 Å². The Morgan fingerprint density at radius 2 is 1.20 bits per heavy atom. The van der Waals surface area contributed by atoms with Gasteiger partial charge >= 0.3 is 0 Å². The van der Waals surface area contributed by atoms with Crippen LogP contribution in [0.4, 0.5) is 0 Å². The zero-order valence-corrected chi connectivity index (χ0v) is 23.3. The molecule has 5 heteroatoms. The Kier molecular flexibility index (Phi) is 17.3. The van der Waals surface area contributed by atoms with Crippen molar-refractivity contribution in [1.82, 2.24) is 0 Å². The van der Waals surface area contributed by atoms with Crippen molar-refractivity contribution >= 4 is 31.5 Å². The molecule has 0 radical (unpaired) electrons. The molecule has 0 aromatic rings. The molecule has 180 valence electrons. The molecule has 0 rings (SSSR count). The molecule has 0 bridgehead atoms. The number of halogens is 2. The van der Waals surface area contributed by atoms with Crippen LogP contribution in [0.3, 0.4) is 0 Å². The van der Waals surface area contributed by atoms with Gasteiger partial charge in [-0.1, -0.05) is 93.6 Å². The highest BCUT2D eigenvalue weighted by Crippen LogP contribution is 2.43. The lowest BCUT2D eigenvalue weighted by atomic mass is 10.0. The Balaban J connectivity index is 4.01. The first-order valence-corrected chi connectivity index (χ1v) is 16.6. The van der Waals surface area contributed by atoms with E-state index >= 15 is 0 Å². The van der Waals surface area contributed by atoms with Crippen LogP contribution in [-0.4, -0.2) is 25.0 Å². The highest BCUT2D eigenvalue weighted by Gasteiger charge is 2.50. The zero-order valence-electron chi connectivity index (χ0n) is 20.8. The molecule has 0 saturated carbocycles. The molecule has 0 heterocycles. The van der Waals surface area contributed by atoms with Gasteiger partial charge in [-0.3, -0.25) is 0 Å². The van der Waals surface area contributed by atoms with Gasteiger partial charge in [0.2, 0.25) is 0 Å². The van der Waals surface area contributed by atoms with Gasteiger partial charge in [0.05, 0.1) is 0 Å². The molecule has 0 aliphatic heterocycles. The minimum atomic E-state index is -1.85. The summed E-state index contributed by atoms with van der Waals surface area (Å²) in [4.78, 5) is 0. The van der Waals surface area contributed by atoms with E-state index in [0.29, 0.717) is 6.61 Å². The third-order valence-corrected chi connectivity index (χ3v) is 6.80. The van der Waals surface area contributed by atoms with Crippen LogP contribution in [0.5, 0.6) is 0 Å². The number of allylic oxidation sites excluding steroid dienone is 2. The predicted octanol–water partition coefficient (Wildman–Crippen LogP) is 9.80. The number of hydrogen-bond donors (Lipinski definition) is 0. The molecule has 0 amide bonds. The normalized spacial score (nSPS) is 15.1. The van der Waals surface area contributed by atoms with Gasteiger partial charge in [-0.15, -0.1) is 0 Å². The average Bonchev–Trinajstić information content (AvgIpc) is 2.62. The third-order valence-electron chi connectivity index (χ3n) is 5.29. The first-order chi connectivity index (χ1) is 14.1. The fourth-order valence-corrected chi connectivity index (χ4v) is 5.60. The predicted molar refractivity (Wildman–Crippen MR) is 138 cm³/mol. The lowest BCUT2D eigenvalue weighted by Gasteiger charge is -2.44. The number of rotatable bonds is 20. The van der Waals surface area contributed by atoms with E-state index in [1.54, 1.807) is 6.92 Å². The number of hydrogen-bond acceptors (Lipinski definition) is 2. The minimum Gasteiger partial charge on any atom is -0.389 e. The second kappa shape index (κ2) is 17.0. The van der Waals surface area contributed by atoms with Crippen molar-refractivity contribution in [3.8, 4) is 0 Å². The van der Waals surface area contributed by atoms with Crippen LogP contribution in [0.15, 0.2) is 12.2 Å². The first-order valence-electron chi connectivity index (χ1n) is 12.4. The largest absolute Gasteiger partial charge is 0.389 e. The molecule has 1 unspecified atom stereocenters. The molecule has 0 aliphatic carbocycles. The lowest BCUT2D eigenvalue weighted by molar-refractivity contribution is -0.198. The summed E-state index contributed by atoms with van der Waals surface area (Å²) in [5.41, 5.74) is 0. The van der Waals surface area contributed by atoms with Crippen LogP contribution in [0.1, 0.15) is 111 Å². The van der Waals surface area contributed by atoms with Gasteiger partial charge in [0, 0.05) is 13.0 Å². The Morgan fingerprint density at radius 1 is 0.733 bits per heavy atom. The second-order valence-electron chi connectivity index (χ2n) is 9.62.